The molecule has 0 aliphatic heterocycles. The smallest absolute Gasteiger partial charge is 0.152 e. The van der Waals surface area contributed by atoms with Crippen LogP contribution in [0, 0.1) is 0 Å². The maximum absolute atomic E-state index is 9.59. The molecule has 6 heteroatoms. The highest BCUT2D eigenvalue weighted by Gasteiger charge is 2.07. The number of anilines is 1. The Morgan fingerprint density at radius 2 is 1.52 bits per heavy atom. The molecule has 2 N–H and O–H groups in total. The van der Waals surface area contributed by atoms with Crippen LogP contribution in [0.4, 0.5) is 5.69 Å². The quantitative estimate of drug-likeness (QED) is 0.470. The first-order chi connectivity index (χ1) is 12.0. The Balaban J connectivity index is 1.68. The molecule has 3 rings (SSSR count). The van der Waals surface area contributed by atoms with Gasteiger partial charge in [0.2, 0.25) is 0 Å². The zero-order valence-corrected chi connectivity index (χ0v) is 15.2. The fourth-order valence-electron chi connectivity index (χ4n) is 2.23. The Kier molecular flexibility index (Phi) is 5.59. The monoisotopic (exact) mass is 393 g/mol. The average molecular weight is 395 g/mol. The van der Waals surface area contributed by atoms with Gasteiger partial charge in [-0.25, -0.2) is 0 Å². The lowest BCUT2D eigenvalue weighted by atomic mass is 10.2. The van der Waals surface area contributed by atoms with Crippen LogP contribution in [0.2, 0.25) is 15.1 Å². The van der Waals surface area contributed by atoms with E-state index in [9.17, 15) is 5.11 Å². The molecule has 0 saturated heterocycles. The molecule has 25 heavy (non-hydrogen) atoms. The van der Waals surface area contributed by atoms with E-state index in [1.807, 2.05) is 36.4 Å². The Morgan fingerprint density at radius 3 is 2.20 bits per heavy atom. The molecule has 0 unspecified atom stereocenters. The highest BCUT2D eigenvalue weighted by molar-refractivity contribution is 6.37. The SMILES string of the molecule is Oc1c(Cl)cc(NCc2cccc(Oc3ccc(Cl)cc3)c2)cc1Cl. The van der Waals surface area contributed by atoms with Gasteiger partial charge in [0.05, 0.1) is 10.0 Å². The Morgan fingerprint density at radius 1 is 0.840 bits per heavy atom. The molecule has 0 atom stereocenters. The fraction of sp³-hybridized carbons (Fsp3) is 0.0526. The van der Waals surface area contributed by atoms with E-state index in [-0.39, 0.29) is 15.8 Å². The van der Waals surface area contributed by atoms with Crippen LogP contribution in [0.3, 0.4) is 0 Å². The highest BCUT2D eigenvalue weighted by Crippen LogP contribution is 2.34. The van der Waals surface area contributed by atoms with E-state index in [1.54, 1.807) is 24.3 Å². The number of phenolic OH excluding ortho intramolecular Hbond substituents is 1. The van der Waals surface area contributed by atoms with Crippen LogP contribution >= 0.6 is 34.8 Å². The number of hydrogen-bond donors (Lipinski definition) is 2. The molecule has 0 aliphatic rings. The maximum atomic E-state index is 9.59. The highest BCUT2D eigenvalue weighted by atomic mass is 35.5. The third-order valence-corrected chi connectivity index (χ3v) is 4.29. The van der Waals surface area contributed by atoms with E-state index in [0.29, 0.717) is 17.3 Å². The van der Waals surface area contributed by atoms with Crippen molar-refractivity contribution in [1.29, 1.82) is 0 Å². The van der Waals surface area contributed by atoms with Crippen molar-refractivity contribution in [1.82, 2.24) is 0 Å². The van der Waals surface area contributed by atoms with Crippen molar-refractivity contribution in [3.05, 3.63) is 81.3 Å². The molecule has 0 aromatic heterocycles. The molecule has 3 nitrogen and oxygen atoms in total. The predicted molar refractivity (Wildman–Crippen MR) is 103 cm³/mol. The lowest BCUT2D eigenvalue weighted by Gasteiger charge is -2.11. The first kappa shape index (κ1) is 17.7. The van der Waals surface area contributed by atoms with Gasteiger partial charge in [0.1, 0.15) is 11.5 Å². The summed E-state index contributed by atoms with van der Waals surface area (Å²) < 4.78 is 5.82. The minimum atomic E-state index is -0.118. The van der Waals surface area contributed by atoms with Crippen molar-refractivity contribution >= 4 is 40.5 Å². The van der Waals surface area contributed by atoms with Gasteiger partial charge >= 0.3 is 0 Å². The lowest BCUT2D eigenvalue weighted by molar-refractivity contribution is 0.476. The lowest BCUT2D eigenvalue weighted by Crippen LogP contribution is -1.99. The van der Waals surface area contributed by atoms with Crippen molar-refractivity contribution in [2.24, 2.45) is 0 Å². The van der Waals surface area contributed by atoms with Crippen molar-refractivity contribution in [3.8, 4) is 17.2 Å². The van der Waals surface area contributed by atoms with Crippen LogP contribution < -0.4 is 10.1 Å². The Labute approximate surface area is 160 Å². The molecule has 3 aromatic carbocycles. The minimum Gasteiger partial charge on any atom is -0.505 e. The van der Waals surface area contributed by atoms with Crippen LogP contribution in [-0.4, -0.2) is 5.11 Å². The first-order valence-electron chi connectivity index (χ1n) is 7.45. The number of benzene rings is 3. The number of nitrogens with one attached hydrogen (secondary N) is 1. The van der Waals surface area contributed by atoms with Gasteiger partial charge in [-0.15, -0.1) is 0 Å². The molecule has 0 spiro atoms. The maximum Gasteiger partial charge on any atom is 0.152 e. The minimum absolute atomic E-state index is 0.118. The summed E-state index contributed by atoms with van der Waals surface area (Å²) in [7, 11) is 0. The van der Waals surface area contributed by atoms with Crippen molar-refractivity contribution in [3.63, 3.8) is 0 Å². The summed E-state index contributed by atoms with van der Waals surface area (Å²) in [6.45, 7) is 0.551. The Hall–Kier alpha value is -2.07. The van der Waals surface area contributed by atoms with Gasteiger partial charge in [-0.1, -0.05) is 46.9 Å². The van der Waals surface area contributed by atoms with Gasteiger partial charge < -0.3 is 15.2 Å². The Bertz CT molecular complexity index is 859. The summed E-state index contributed by atoms with van der Waals surface area (Å²) in [6, 6.07) is 18.1. The summed E-state index contributed by atoms with van der Waals surface area (Å²) in [4.78, 5) is 0. The number of ether oxygens (including phenoxy) is 1. The third kappa shape index (κ3) is 4.73. The van der Waals surface area contributed by atoms with Crippen molar-refractivity contribution < 1.29 is 9.84 Å². The summed E-state index contributed by atoms with van der Waals surface area (Å²) in [5.74, 6) is 1.32. The third-order valence-electron chi connectivity index (χ3n) is 3.46. The number of aromatic hydroxyl groups is 1. The topological polar surface area (TPSA) is 41.5 Å². The zero-order chi connectivity index (χ0) is 17.8. The second-order valence-corrected chi connectivity index (χ2v) is 6.60. The van der Waals surface area contributed by atoms with Crippen LogP contribution in [-0.2, 0) is 6.54 Å². The van der Waals surface area contributed by atoms with E-state index in [2.05, 4.69) is 5.32 Å². The number of halogens is 3. The molecule has 0 heterocycles. The van der Waals surface area contributed by atoms with Crippen LogP contribution in [0.5, 0.6) is 17.2 Å². The molecule has 0 amide bonds. The summed E-state index contributed by atoms with van der Waals surface area (Å²) in [5.41, 5.74) is 1.74. The standard InChI is InChI=1S/C19H14Cl3NO2/c20-13-4-6-15(7-5-13)25-16-3-1-2-12(8-16)11-23-14-9-17(21)19(24)18(22)10-14/h1-10,23-24H,11H2. The molecular formula is C19H14Cl3NO2. The van der Waals surface area contributed by atoms with E-state index in [1.165, 1.54) is 0 Å². The second-order valence-electron chi connectivity index (χ2n) is 5.35. The van der Waals surface area contributed by atoms with Gasteiger partial charge in [-0.05, 0) is 54.1 Å². The zero-order valence-electron chi connectivity index (χ0n) is 13.0. The molecule has 0 saturated carbocycles. The fourth-order valence-corrected chi connectivity index (χ4v) is 2.84. The van der Waals surface area contributed by atoms with E-state index in [0.717, 1.165) is 17.0 Å². The van der Waals surface area contributed by atoms with Gasteiger partial charge in [-0.3, -0.25) is 0 Å². The van der Waals surface area contributed by atoms with Crippen molar-refractivity contribution in [2.45, 2.75) is 6.54 Å². The second kappa shape index (κ2) is 7.87. The molecular weight excluding hydrogens is 381 g/mol. The molecule has 0 radical (unpaired) electrons. The van der Waals surface area contributed by atoms with E-state index in [4.69, 9.17) is 39.5 Å². The van der Waals surface area contributed by atoms with Gasteiger partial charge in [0.25, 0.3) is 0 Å². The molecule has 0 fully saturated rings. The van der Waals surface area contributed by atoms with Crippen molar-refractivity contribution in [2.75, 3.05) is 5.32 Å². The van der Waals surface area contributed by atoms with E-state index < -0.39 is 0 Å². The summed E-state index contributed by atoms with van der Waals surface area (Å²) >= 11 is 17.7. The van der Waals surface area contributed by atoms with Gasteiger partial charge in [0.15, 0.2) is 5.75 Å². The molecule has 3 aromatic rings. The predicted octanol–water partition coefficient (Wildman–Crippen LogP) is 6.76. The average Bonchev–Trinajstić information content (AvgIpc) is 2.60. The molecule has 128 valence electrons. The first-order valence-corrected chi connectivity index (χ1v) is 8.59. The largest absolute Gasteiger partial charge is 0.505 e. The number of rotatable bonds is 5. The van der Waals surface area contributed by atoms with Gasteiger partial charge in [-0.2, -0.15) is 0 Å². The van der Waals surface area contributed by atoms with Crippen LogP contribution in [0.1, 0.15) is 5.56 Å². The van der Waals surface area contributed by atoms with E-state index >= 15 is 0 Å². The molecule has 0 aliphatic carbocycles. The van der Waals surface area contributed by atoms with Gasteiger partial charge in [0, 0.05) is 17.3 Å². The normalized spacial score (nSPS) is 10.5. The number of phenols is 1. The number of hydrogen-bond acceptors (Lipinski definition) is 3. The van der Waals surface area contributed by atoms with Crippen LogP contribution in [0.25, 0.3) is 0 Å². The van der Waals surface area contributed by atoms with Crippen LogP contribution in [0.15, 0.2) is 60.7 Å². The molecule has 0 bridgehead atoms. The summed E-state index contributed by atoms with van der Waals surface area (Å²) in [5, 5.41) is 13.9. The summed E-state index contributed by atoms with van der Waals surface area (Å²) in [6.07, 6.45) is 0.